The lowest BCUT2D eigenvalue weighted by molar-refractivity contribution is -0.162. The van der Waals surface area contributed by atoms with Crippen molar-refractivity contribution in [3.63, 3.8) is 0 Å². The van der Waals surface area contributed by atoms with Crippen LogP contribution in [0.2, 0.25) is 0 Å². The molecule has 0 bridgehead atoms. The number of ketones is 1. The smallest absolute Gasteiger partial charge is 0.136 e. The van der Waals surface area contributed by atoms with E-state index >= 15 is 0 Å². The van der Waals surface area contributed by atoms with Crippen LogP contribution in [0.4, 0.5) is 0 Å². The summed E-state index contributed by atoms with van der Waals surface area (Å²) >= 11 is 0. The zero-order valence-corrected chi connectivity index (χ0v) is 14.2. The zero-order chi connectivity index (χ0) is 16.6. The second-order valence-corrected chi connectivity index (χ2v) is 9.33. The van der Waals surface area contributed by atoms with E-state index in [4.69, 9.17) is 0 Å². The highest BCUT2D eigenvalue weighted by Gasteiger charge is 2.64. The van der Waals surface area contributed by atoms with Crippen LogP contribution in [0.5, 0.6) is 0 Å². The van der Waals surface area contributed by atoms with Crippen LogP contribution in [0.1, 0.15) is 58.8 Å². The van der Waals surface area contributed by atoms with E-state index in [1.54, 1.807) is 0 Å². The Balaban J connectivity index is 1.69. The van der Waals surface area contributed by atoms with E-state index in [9.17, 15) is 20.1 Å². The molecule has 4 fully saturated rings. The molecule has 0 saturated heterocycles. The quantitative estimate of drug-likeness (QED) is 0.636. The van der Waals surface area contributed by atoms with E-state index in [1.165, 1.54) is 0 Å². The molecule has 0 aliphatic heterocycles. The first-order valence-corrected chi connectivity index (χ1v) is 9.34. The molecule has 23 heavy (non-hydrogen) atoms. The lowest BCUT2D eigenvalue weighted by atomic mass is 9.45. The van der Waals surface area contributed by atoms with Gasteiger partial charge in [-0.2, -0.15) is 0 Å². The molecule has 4 aliphatic carbocycles. The number of hydrogen-bond donors (Lipinski definition) is 3. The Bertz CT molecular complexity index is 519. The van der Waals surface area contributed by atoms with Gasteiger partial charge in [0.1, 0.15) is 5.78 Å². The minimum absolute atomic E-state index is 0.00274. The summed E-state index contributed by atoms with van der Waals surface area (Å²) in [6, 6.07) is 0. The number of aliphatic hydroxyl groups excluding tert-OH is 3. The fraction of sp³-hybridized carbons (Fsp3) is 0.947. The fourth-order valence-corrected chi connectivity index (χ4v) is 6.90. The Kier molecular flexibility index (Phi) is 3.51. The molecule has 3 N–H and O–H groups in total. The second-order valence-electron chi connectivity index (χ2n) is 9.33. The van der Waals surface area contributed by atoms with Crippen LogP contribution in [0, 0.1) is 34.5 Å². The van der Waals surface area contributed by atoms with Gasteiger partial charge in [-0.1, -0.05) is 13.8 Å². The standard InChI is InChI=1S/C19H30O4/c1-18-5-3-11(20)7-10(18)8-14(21)16-12(18)4-6-19(2)13(16)9-15(22)17(19)23/h10-13,15-17,20,22-23H,3-9H2,1-2H3/t10?,11?,12-,13-,15?,16+,17?,18-,19-/m0/s1. The van der Waals surface area contributed by atoms with Crippen molar-refractivity contribution in [1.29, 1.82) is 0 Å². The molecule has 0 radical (unpaired) electrons. The highest BCUT2D eigenvalue weighted by Crippen LogP contribution is 2.65. The summed E-state index contributed by atoms with van der Waals surface area (Å²) in [6.07, 6.45) is 3.99. The average molecular weight is 322 g/mol. The summed E-state index contributed by atoms with van der Waals surface area (Å²) < 4.78 is 0. The SMILES string of the molecule is C[C@]12CCC(O)CC1CC(=O)[C@@H]1[C@@H]2CC[C@]2(C)C(O)C(O)C[C@@H]12. The summed E-state index contributed by atoms with van der Waals surface area (Å²) in [6.45, 7) is 4.40. The van der Waals surface area contributed by atoms with Crippen LogP contribution in [0.3, 0.4) is 0 Å². The van der Waals surface area contributed by atoms with Crippen LogP contribution < -0.4 is 0 Å². The largest absolute Gasteiger partial charge is 0.393 e. The number of aliphatic hydroxyl groups is 3. The molecule has 9 atom stereocenters. The molecule has 4 nitrogen and oxygen atoms in total. The van der Waals surface area contributed by atoms with Crippen molar-refractivity contribution in [2.24, 2.45) is 34.5 Å². The highest BCUT2D eigenvalue weighted by molar-refractivity contribution is 5.83. The molecule has 0 aromatic rings. The molecule has 0 aromatic heterocycles. The zero-order valence-electron chi connectivity index (χ0n) is 14.2. The first kappa shape index (κ1) is 16.0. The molecule has 130 valence electrons. The predicted molar refractivity (Wildman–Crippen MR) is 85.5 cm³/mol. The lowest BCUT2D eigenvalue weighted by Gasteiger charge is -2.59. The number of fused-ring (bicyclic) bond motifs is 5. The number of hydrogen-bond acceptors (Lipinski definition) is 4. The first-order chi connectivity index (χ1) is 10.8. The van der Waals surface area contributed by atoms with E-state index in [0.29, 0.717) is 30.5 Å². The van der Waals surface area contributed by atoms with Gasteiger partial charge in [0, 0.05) is 12.3 Å². The van der Waals surface area contributed by atoms with Gasteiger partial charge in [-0.25, -0.2) is 0 Å². The van der Waals surface area contributed by atoms with Crippen molar-refractivity contribution in [3.05, 3.63) is 0 Å². The monoisotopic (exact) mass is 322 g/mol. The van der Waals surface area contributed by atoms with Crippen LogP contribution in [-0.2, 0) is 4.79 Å². The van der Waals surface area contributed by atoms with E-state index in [2.05, 4.69) is 13.8 Å². The van der Waals surface area contributed by atoms with E-state index in [-0.39, 0.29) is 28.8 Å². The summed E-state index contributed by atoms with van der Waals surface area (Å²) in [5, 5.41) is 30.7. The number of rotatable bonds is 0. The van der Waals surface area contributed by atoms with Gasteiger partial charge >= 0.3 is 0 Å². The van der Waals surface area contributed by atoms with Crippen LogP contribution in [-0.4, -0.2) is 39.4 Å². The third-order valence-corrected chi connectivity index (χ3v) is 8.42. The Hall–Kier alpha value is -0.450. The molecule has 0 heterocycles. The maximum atomic E-state index is 13.0. The summed E-state index contributed by atoms with van der Waals surface area (Å²) in [5.74, 6) is 1.10. The number of carbonyl (C=O) groups is 1. The van der Waals surface area contributed by atoms with E-state index in [1.807, 2.05) is 0 Å². The topological polar surface area (TPSA) is 77.8 Å². The van der Waals surface area contributed by atoms with Gasteiger partial charge < -0.3 is 15.3 Å². The van der Waals surface area contributed by atoms with Crippen molar-refractivity contribution >= 4 is 5.78 Å². The van der Waals surface area contributed by atoms with Crippen LogP contribution in [0.25, 0.3) is 0 Å². The summed E-state index contributed by atoms with van der Waals surface area (Å²) in [7, 11) is 0. The maximum Gasteiger partial charge on any atom is 0.136 e. The maximum absolute atomic E-state index is 13.0. The van der Waals surface area contributed by atoms with Crippen molar-refractivity contribution < 1.29 is 20.1 Å². The van der Waals surface area contributed by atoms with E-state index in [0.717, 1.165) is 32.1 Å². The Labute approximate surface area is 138 Å². The van der Waals surface area contributed by atoms with Gasteiger partial charge in [0.2, 0.25) is 0 Å². The van der Waals surface area contributed by atoms with Crippen molar-refractivity contribution in [1.82, 2.24) is 0 Å². The fourth-order valence-electron chi connectivity index (χ4n) is 6.90. The van der Waals surface area contributed by atoms with Crippen molar-refractivity contribution in [3.8, 4) is 0 Å². The average Bonchev–Trinajstić information content (AvgIpc) is 2.73. The van der Waals surface area contributed by atoms with E-state index < -0.39 is 12.2 Å². The third-order valence-electron chi connectivity index (χ3n) is 8.42. The van der Waals surface area contributed by atoms with Crippen LogP contribution >= 0.6 is 0 Å². The minimum atomic E-state index is -0.694. The third kappa shape index (κ3) is 2.04. The van der Waals surface area contributed by atoms with Gasteiger partial charge in [0.25, 0.3) is 0 Å². The summed E-state index contributed by atoms with van der Waals surface area (Å²) in [4.78, 5) is 13.0. The molecule has 0 amide bonds. The number of Topliss-reactive ketones (excluding diaryl/α,β-unsaturated/α-hetero) is 1. The molecule has 0 spiro atoms. The molecular weight excluding hydrogens is 292 g/mol. The first-order valence-electron chi connectivity index (χ1n) is 9.34. The molecule has 4 rings (SSSR count). The Morgan fingerprint density at radius 1 is 0.957 bits per heavy atom. The second kappa shape index (κ2) is 5.03. The van der Waals surface area contributed by atoms with Crippen LogP contribution in [0.15, 0.2) is 0 Å². The lowest BCUT2D eigenvalue weighted by Crippen LogP contribution is -2.57. The van der Waals surface area contributed by atoms with Gasteiger partial charge in [0.15, 0.2) is 0 Å². The number of carbonyl (C=O) groups excluding carboxylic acids is 1. The van der Waals surface area contributed by atoms with Crippen molar-refractivity contribution in [2.45, 2.75) is 77.1 Å². The predicted octanol–water partition coefficient (Wildman–Crippen LogP) is 1.90. The molecule has 4 unspecified atom stereocenters. The Morgan fingerprint density at radius 3 is 2.39 bits per heavy atom. The Morgan fingerprint density at radius 2 is 1.65 bits per heavy atom. The minimum Gasteiger partial charge on any atom is -0.393 e. The molecule has 4 aliphatic rings. The normalized spacial score (nSPS) is 59.2. The van der Waals surface area contributed by atoms with Gasteiger partial charge in [-0.3, -0.25) is 4.79 Å². The molecule has 0 aromatic carbocycles. The highest BCUT2D eigenvalue weighted by atomic mass is 16.3. The molecule has 4 heteroatoms. The molecular formula is C19H30O4. The molecule has 4 saturated carbocycles. The van der Waals surface area contributed by atoms with Gasteiger partial charge in [-0.05, 0) is 67.1 Å². The summed E-state index contributed by atoms with van der Waals surface area (Å²) in [5.41, 5.74) is -0.175. The van der Waals surface area contributed by atoms with Crippen molar-refractivity contribution in [2.75, 3.05) is 0 Å². The van der Waals surface area contributed by atoms with Gasteiger partial charge in [0.05, 0.1) is 18.3 Å². The van der Waals surface area contributed by atoms with Gasteiger partial charge in [-0.15, -0.1) is 0 Å².